The molecule has 4 aromatic rings. The van der Waals surface area contributed by atoms with Crippen LogP contribution in [0, 0.1) is 11.8 Å². The maximum absolute atomic E-state index is 13.2. The molecular formula is C22H26N10O12P2. The standard InChI is InChI=1S/C22H26N10O12P2/c23-16-10-17(26-4-25-16)32(6-28-10)22-1-8(22)7-2-40-45(36,37)44-14-9(3-41-46(38,39)43-13(7)15(22)34)42-20(12(14)33)31-5-27-11-18(31)29-21(24)30-19(11)35/h4-9,12-15,20,33-34H,1-3H2,(H,36,37)(H,38,39)(H2,23,25,26)(H3,24,29,30,35)/t7-,8-,9+,12+,13+,14+,15+,20+,22?/m0/s1. The first-order chi connectivity index (χ1) is 21.8. The number of aromatic amines is 1. The summed E-state index contributed by atoms with van der Waals surface area (Å²) in [5, 5.41) is 22.7. The average Bonchev–Trinajstić information content (AvgIpc) is 3.25. The molecule has 0 bridgehead atoms. The van der Waals surface area contributed by atoms with E-state index in [1.807, 2.05) is 0 Å². The van der Waals surface area contributed by atoms with Gasteiger partial charge in [0.1, 0.15) is 42.4 Å². The first-order valence-electron chi connectivity index (χ1n) is 13.8. The Labute approximate surface area is 255 Å². The summed E-state index contributed by atoms with van der Waals surface area (Å²) in [6.07, 6.45) is -5.10. The van der Waals surface area contributed by atoms with E-state index in [1.54, 1.807) is 4.57 Å². The van der Waals surface area contributed by atoms with Crippen molar-refractivity contribution in [2.45, 2.75) is 48.7 Å². The van der Waals surface area contributed by atoms with Gasteiger partial charge < -0.3 is 40.8 Å². The number of phosphoric ester groups is 2. The zero-order chi connectivity index (χ0) is 32.3. The zero-order valence-corrected chi connectivity index (χ0v) is 25.0. The first kappa shape index (κ1) is 30.0. The molecule has 0 radical (unpaired) electrons. The summed E-state index contributed by atoms with van der Waals surface area (Å²) in [5.74, 6) is -1.57. The van der Waals surface area contributed by atoms with Crippen molar-refractivity contribution in [3.8, 4) is 0 Å². The normalized spacial score (nSPS) is 41.0. The van der Waals surface area contributed by atoms with Gasteiger partial charge >= 0.3 is 15.6 Å². The third kappa shape index (κ3) is 4.45. The summed E-state index contributed by atoms with van der Waals surface area (Å²) in [7, 11) is -9.96. The predicted octanol–water partition coefficient (Wildman–Crippen LogP) is -1.89. The Balaban J connectivity index is 1.10. The topological polar surface area (TPSA) is 320 Å². The summed E-state index contributed by atoms with van der Waals surface area (Å²) in [6, 6.07) is 0. The van der Waals surface area contributed by atoms with Crippen molar-refractivity contribution in [1.29, 1.82) is 0 Å². The fourth-order valence-corrected chi connectivity index (χ4v) is 8.85. The molecule has 246 valence electrons. The second-order valence-electron chi connectivity index (χ2n) is 11.5. The van der Waals surface area contributed by atoms with Gasteiger partial charge in [0.15, 0.2) is 28.9 Å². The number of rotatable bonds is 2. The van der Waals surface area contributed by atoms with Crippen LogP contribution in [-0.2, 0) is 37.5 Å². The molecule has 46 heavy (non-hydrogen) atoms. The van der Waals surface area contributed by atoms with E-state index < -0.39 is 88.5 Å². The molecule has 6 heterocycles. The van der Waals surface area contributed by atoms with Crippen molar-refractivity contribution in [3.05, 3.63) is 29.3 Å². The third-order valence-corrected chi connectivity index (χ3v) is 10.9. The SMILES string of the molecule is Nc1nc2c(ncn2[C@@H]2O[C@@H]3COP(=O)(O)O[C@@H]4[C@@H](COP(=O)(O)O[C@H]3[C@H]2O)[C@@H]2CC2(n2cnc3c(N)ncnc32)[C@@H]4O)c(=O)[nH]1. The molecule has 4 fully saturated rings. The van der Waals surface area contributed by atoms with E-state index >= 15 is 0 Å². The molecule has 4 aliphatic rings. The van der Waals surface area contributed by atoms with Crippen LogP contribution in [0.15, 0.2) is 23.8 Å². The Morgan fingerprint density at radius 3 is 2.46 bits per heavy atom. The van der Waals surface area contributed by atoms with Crippen molar-refractivity contribution in [2.24, 2.45) is 11.8 Å². The molecule has 0 spiro atoms. The molecule has 2 saturated carbocycles. The molecule has 2 aliphatic carbocycles. The highest BCUT2D eigenvalue weighted by atomic mass is 31.2. The van der Waals surface area contributed by atoms with Crippen LogP contribution >= 0.6 is 15.6 Å². The number of aliphatic hydroxyl groups excluding tert-OH is 2. The van der Waals surface area contributed by atoms with Gasteiger partial charge in [-0.25, -0.2) is 29.1 Å². The maximum Gasteiger partial charge on any atom is 0.472 e. The number of imidazole rings is 2. The molecule has 8 rings (SSSR count). The molecule has 0 amide bonds. The molecule has 3 unspecified atom stereocenters. The van der Waals surface area contributed by atoms with E-state index in [-0.39, 0.29) is 28.4 Å². The van der Waals surface area contributed by atoms with Gasteiger partial charge in [-0.3, -0.25) is 32.4 Å². The summed E-state index contributed by atoms with van der Waals surface area (Å²) >= 11 is 0. The molecule has 24 heteroatoms. The molecule has 11 atom stereocenters. The smallest absolute Gasteiger partial charge is 0.388 e. The van der Waals surface area contributed by atoms with Gasteiger partial charge in [0, 0.05) is 5.92 Å². The van der Waals surface area contributed by atoms with E-state index in [2.05, 4.69) is 29.9 Å². The number of nitrogens with zero attached hydrogens (tertiary/aromatic N) is 7. The summed E-state index contributed by atoms with van der Waals surface area (Å²) in [4.78, 5) is 56.4. The Morgan fingerprint density at radius 2 is 1.67 bits per heavy atom. The number of ether oxygens (including phenoxy) is 1. The van der Waals surface area contributed by atoms with E-state index in [9.17, 15) is 33.9 Å². The summed E-state index contributed by atoms with van der Waals surface area (Å²) in [6.45, 7) is -1.36. The van der Waals surface area contributed by atoms with Crippen LogP contribution in [0.1, 0.15) is 12.6 Å². The highest BCUT2D eigenvalue weighted by Gasteiger charge is 2.74. The Bertz CT molecular complexity index is 2040. The monoisotopic (exact) mass is 684 g/mol. The van der Waals surface area contributed by atoms with Crippen molar-refractivity contribution < 1.29 is 52.0 Å². The number of fused-ring (bicyclic) bond motifs is 6. The molecular weight excluding hydrogens is 658 g/mol. The van der Waals surface area contributed by atoms with Crippen LogP contribution < -0.4 is 17.0 Å². The number of nitrogens with two attached hydrogens (primary N) is 2. The maximum atomic E-state index is 13.2. The van der Waals surface area contributed by atoms with Gasteiger partial charge in [0.2, 0.25) is 5.95 Å². The molecule has 2 saturated heterocycles. The number of phosphoric acid groups is 2. The van der Waals surface area contributed by atoms with Gasteiger partial charge in [-0.2, -0.15) is 4.98 Å². The second kappa shape index (κ2) is 10.1. The van der Waals surface area contributed by atoms with E-state index in [1.165, 1.54) is 12.7 Å². The number of aromatic nitrogens is 8. The van der Waals surface area contributed by atoms with Crippen LogP contribution in [0.3, 0.4) is 0 Å². The van der Waals surface area contributed by atoms with Crippen molar-refractivity contribution in [2.75, 3.05) is 24.7 Å². The Morgan fingerprint density at radius 1 is 0.957 bits per heavy atom. The number of nitrogen functional groups attached to an aromatic ring is 2. The zero-order valence-electron chi connectivity index (χ0n) is 23.2. The predicted molar refractivity (Wildman–Crippen MR) is 149 cm³/mol. The molecule has 0 aromatic carbocycles. The minimum atomic E-state index is -4.99. The third-order valence-electron chi connectivity index (χ3n) is 8.98. The quantitative estimate of drug-likeness (QED) is 0.113. The fraction of sp³-hybridized carbons (Fsp3) is 0.545. The number of hydrogen-bond donors (Lipinski definition) is 7. The molecule has 22 nitrogen and oxygen atoms in total. The van der Waals surface area contributed by atoms with Gasteiger partial charge in [-0.15, -0.1) is 0 Å². The number of H-pyrrole nitrogens is 1. The van der Waals surface area contributed by atoms with Crippen molar-refractivity contribution in [1.82, 2.24) is 39.0 Å². The van der Waals surface area contributed by atoms with Gasteiger partial charge in [-0.1, -0.05) is 0 Å². The highest BCUT2D eigenvalue weighted by Crippen LogP contribution is 2.68. The largest absolute Gasteiger partial charge is 0.472 e. The lowest BCUT2D eigenvalue weighted by Gasteiger charge is -2.31. The molecule has 9 N–H and O–H groups in total. The molecule has 2 aliphatic heterocycles. The lowest BCUT2D eigenvalue weighted by molar-refractivity contribution is -0.0652. The number of aliphatic hydroxyl groups is 2. The summed E-state index contributed by atoms with van der Waals surface area (Å²) in [5.41, 5.74) is 10.1. The first-order valence-corrected chi connectivity index (χ1v) is 16.8. The number of anilines is 2. The average molecular weight is 684 g/mol. The van der Waals surface area contributed by atoms with Gasteiger partial charge in [0.25, 0.3) is 5.56 Å². The highest BCUT2D eigenvalue weighted by molar-refractivity contribution is 7.47. The van der Waals surface area contributed by atoms with E-state index in [0.717, 1.165) is 10.9 Å². The lowest BCUT2D eigenvalue weighted by atomic mass is 10.0. The van der Waals surface area contributed by atoms with Crippen LogP contribution in [0.25, 0.3) is 22.3 Å². The van der Waals surface area contributed by atoms with Crippen LogP contribution in [-0.4, -0.2) is 103 Å². The molecule has 4 aromatic heterocycles. The van der Waals surface area contributed by atoms with E-state index in [4.69, 9.17) is 34.3 Å². The van der Waals surface area contributed by atoms with Crippen molar-refractivity contribution in [3.63, 3.8) is 0 Å². The van der Waals surface area contributed by atoms with Gasteiger partial charge in [-0.05, 0) is 12.3 Å². The van der Waals surface area contributed by atoms with Gasteiger partial charge in [0.05, 0.1) is 31.4 Å². The number of hydrogen-bond acceptors (Lipinski definition) is 17. The van der Waals surface area contributed by atoms with E-state index in [0.29, 0.717) is 12.1 Å². The van der Waals surface area contributed by atoms with Crippen LogP contribution in [0.5, 0.6) is 0 Å². The van der Waals surface area contributed by atoms with Crippen LogP contribution in [0.2, 0.25) is 0 Å². The fourth-order valence-electron chi connectivity index (χ4n) is 6.89. The second-order valence-corrected chi connectivity index (χ2v) is 14.3. The Hall–Kier alpha value is -3.40. The van der Waals surface area contributed by atoms with Crippen molar-refractivity contribution >= 4 is 49.7 Å². The Kier molecular flexibility index (Phi) is 6.55. The summed E-state index contributed by atoms with van der Waals surface area (Å²) < 4.78 is 56.4. The minimum Gasteiger partial charge on any atom is -0.388 e. The minimum absolute atomic E-state index is 0.0855. The number of nitrogens with one attached hydrogen (secondary N) is 1. The van der Waals surface area contributed by atoms with Crippen LogP contribution in [0.4, 0.5) is 11.8 Å². The lowest BCUT2D eigenvalue weighted by Crippen LogP contribution is -2.41.